The summed E-state index contributed by atoms with van der Waals surface area (Å²) in [6.45, 7) is 0. The van der Waals surface area contributed by atoms with Gasteiger partial charge in [0.1, 0.15) is 0 Å². The van der Waals surface area contributed by atoms with E-state index in [1.807, 2.05) is 0 Å². The number of amides is 2. The lowest BCUT2D eigenvalue weighted by atomic mass is 10.3. The molecule has 9 nitrogen and oxygen atoms in total. The molecule has 3 N–H and O–H groups in total. The molecular weight excluding hydrogens is 432 g/mol. The Morgan fingerprint density at radius 1 is 0.800 bits per heavy atom. The molecule has 0 atom stereocenters. The first-order chi connectivity index (χ1) is 14.2. The highest BCUT2D eigenvalue weighted by molar-refractivity contribution is 7.92. The minimum absolute atomic E-state index is 0.0663. The molecule has 0 aliphatic rings. The highest BCUT2D eigenvalue weighted by Gasteiger charge is 2.14. The highest BCUT2D eigenvalue weighted by atomic mass is 35.5. The molecule has 0 unspecified atom stereocenters. The van der Waals surface area contributed by atoms with Gasteiger partial charge in [0.05, 0.1) is 9.82 Å². The van der Waals surface area contributed by atoms with Crippen LogP contribution in [-0.4, -0.2) is 19.4 Å². The summed E-state index contributed by atoms with van der Waals surface area (Å²) in [7, 11) is -3.77. The van der Waals surface area contributed by atoms with E-state index >= 15 is 0 Å². The van der Waals surface area contributed by atoms with Crippen LogP contribution in [0.1, 0.15) is 0 Å². The zero-order chi connectivity index (χ0) is 21.7. The van der Waals surface area contributed by atoms with Crippen molar-refractivity contribution in [2.24, 2.45) is 0 Å². The number of non-ortho nitro benzene ring substituents is 1. The van der Waals surface area contributed by atoms with Gasteiger partial charge in [0.15, 0.2) is 0 Å². The van der Waals surface area contributed by atoms with E-state index in [-0.39, 0.29) is 10.6 Å². The number of benzene rings is 3. The molecule has 3 aromatic carbocycles. The van der Waals surface area contributed by atoms with Crippen LogP contribution in [0.25, 0.3) is 0 Å². The molecule has 0 aliphatic heterocycles. The minimum Gasteiger partial charge on any atom is -0.308 e. The lowest BCUT2D eigenvalue weighted by molar-refractivity contribution is -0.384. The largest absolute Gasteiger partial charge is 0.323 e. The van der Waals surface area contributed by atoms with Crippen molar-refractivity contribution in [1.82, 2.24) is 0 Å². The number of nitro groups is 1. The van der Waals surface area contributed by atoms with Crippen LogP contribution in [0, 0.1) is 10.1 Å². The molecule has 30 heavy (non-hydrogen) atoms. The summed E-state index contributed by atoms with van der Waals surface area (Å²) in [6.07, 6.45) is 0. The molecule has 0 fully saturated rings. The summed E-state index contributed by atoms with van der Waals surface area (Å²) in [5, 5.41) is 16.2. The van der Waals surface area contributed by atoms with Crippen molar-refractivity contribution in [3.63, 3.8) is 0 Å². The summed E-state index contributed by atoms with van der Waals surface area (Å²) in [5.41, 5.74) is 1.03. The topological polar surface area (TPSA) is 130 Å². The van der Waals surface area contributed by atoms with Gasteiger partial charge in [-0.2, -0.15) is 0 Å². The highest BCUT2D eigenvalue weighted by Crippen LogP contribution is 2.20. The number of nitro benzene ring substituents is 1. The van der Waals surface area contributed by atoms with E-state index in [0.29, 0.717) is 22.1 Å². The first-order valence-corrected chi connectivity index (χ1v) is 10.3. The summed E-state index contributed by atoms with van der Waals surface area (Å²) in [6, 6.07) is 16.6. The summed E-state index contributed by atoms with van der Waals surface area (Å²) < 4.78 is 27.2. The standard InChI is InChI=1S/C19H15ClN4O5S/c20-13-1-11-18(12-2-13)30(28,29)23-16-5-3-14(4-6-16)21-19(25)22-15-7-9-17(10-8-15)24(26)27/h1-12,23H,(H2,21,22,25). The van der Waals surface area contributed by atoms with Crippen molar-refractivity contribution in [2.75, 3.05) is 15.4 Å². The van der Waals surface area contributed by atoms with Gasteiger partial charge in [-0.05, 0) is 60.7 Å². The Morgan fingerprint density at radius 3 is 1.77 bits per heavy atom. The third-order valence-electron chi connectivity index (χ3n) is 3.85. The van der Waals surface area contributed by atoms with Crippen molar-refractivity contribution >= 4 is 50.4 Å². The Kier molecular flexibility index (Phi) is 6.19. The second kappa shape index (κ2) is 8.80. The van der Waals surface area contributed by atoms with Crippen LogP contribution in [-0.2, 0) is 10.0 Å². The number of carbonyl (C=O) groups excluding carboxylic acids is 1. The first-order valence-electron chi connectivity index (χ1n) is 8.44. The maximum Gasteiger partial charge on any atom is 0.323 e. The number of nitrogens with one attached hydrogen (secondary N) is 3. The number of urea groups is 1. The van der Waals surface area contributed by atoms with Crippen LogP contribution in [0.4, 0.5) is 27.5 Å². The molecular formula is C19H15ClN4O5S. The normalized spacial score (nSPS) is 10.8. The third kappa shape index (κ3) is 5.46. The van der Waals surface area contributed by atoms with Crippen LogP contribution in [0.15, 0.2) is 77.7 Å². The van der Waals surface area contributed by atoms with Gasteiger partial charge in [-0.3, -0.25) is 14.8 Å². The first kappa shape index (κ1) is 21.1. The van der Waals surface area contributed by atoms with Crippen LogP contribution < -0.4 is 15.4 Å². The van der Waals surface area contributed by atoms with E-state index in [9.17, 15) is 23.3 Å². The quantitative estimate of drug-likeness (QED) is 0.373. The van der Waals surface area contributed by atoms with Gasteiger partial charge in [-0.1, -0.05) is 11.6 Å². The molecule has 0 heterocycles. The molecule has 0 radical (unpaired) electrons. The number of halogens is 1. The Balaban J connectivity index is 1.60. The molecule has 3 aromatic rings. The second-order valence-electron chi connectivity index (χ2n) is 6.02. The maximum atomic E-state index is 12.4. The molecule has 2 amide bonds. The van der Waals surface area contributed by atoms with Crippen molar-refractivity contribution in [1.29, 1.82) is 0 Å². The van der Waals surface area contributed by atoms with Crippen LogP contribution in [0.5, 0.6) is 0 Å². The smallest absolute Gasteiger partial charge is 0.308 e. The number of nitrogens with zero attached hydrogens (tertiary/aromatic N) is 1. The zero-order valence-corrected chi connectivity index (χ0v) is 16.8. The molecule has 0 saturated carbocycles. The number of hydrogen-bond donors (Lipinski definition) is 3. The van der Waals surface area contributed by atoms with E-state index in [0.717, 1.165) is 0 Å². The van der Waals surface area contributed by atoms with Crippen molar-refractivity contribution < 1.29 is 18.1 Å². The Bertz CT molecular complexity index is 1170. The van der Waals surface area contributed by atoms with Gasteiger partial charge in [0, 0.05) is 34.2 Å². The van der Waals surface area contributed by atoms with Gasteiger partial charge in [-0.15, -0.1) is 0 Å². The number of rotatable bonds is 6. The fraction of sp³-hybridized carbons (Fsp3) is 0. The molecule has 0 spiro atoms. The summed E-state index contributed by atoms with van der Waals surface area (Å²) in [5.74, 6) is 0. The van der Waals surface area contributed by atoms with E-state index in [4.69, 9.17) is 11.6 Å². The van der Waals surface area contributed by atoms with E-state index in [1.54, 1.807) is 0 Å². The Morgan fingerprint density at radius 2 is 1.27 bits per heavy atom. The molecule has 0 aliphatic carbocycles. The van der Waals surface area contributed by atoms with Gasteiger partial charge in [0.25, 0.3) is 15.7 Å². The molecule has 154 valence electrons. The van der Waals surface area contributed by atoms with Gasteiger partial charge in [0.2, 0.25) is 0 Å². The molecule has 0 bridgehead atoms. The Hall–Kier alpha value is -3.63. The van der Waals surface area contributed by atoms with Gasteiger partial charge < -0.3 is 10.6 Å². The lowest BCUT2D eigenvalue weighted by Crippen LogP contribution is -2.19. The van der Waals surface area contributed by atoms with Crippen LogP contribution in [0.2, 0.25) is 5.02 Å². The fourth-order valence-corrected chi connectivity index (χ4v) is 3.59. The minimum atomic E-state index is -3.77. The van der Waals surface area contributed by atoms with E-state index in [1.165, 1.54) is 72.8 Å². The SMILES string of the molecule is O=C(Nc1ccc(NS(=O)(=O)c2ccc(Cl)cc2)cc1)Nc1ccc([N+](=O)[O-])cc1. The van der Waals surface area contributed by atoms with Gasteiger partial charge >= 0.3 is 6.03 Å². The fourth-order valence-electron chi connectivity index (χ4n) is 2.41. The average Bonchev–Trinajstić information content (AvgIpc) is 2.70. The van der Waals surface area contributed by atoms with Gasteiger partial charge in [-0.25, -0.2) is 13.2 Å². The van der Waals surface area contributed by atoms with Crippen LogP contribution >= 0.6 is 11.6 Å². The zero-order valence-electron chi connectivity index (χ0n) is 15.2. The molecule has 0 saturated heterocycles. The summed E-state index contributed by atoms with van der Waals surface area (Å²) >= 11 is 5.77. The predicted molar refractivity (Wildman–Crippen MR) is 114 cm³/mol. The number of sulfonamides is 1. The predicted octanol–water partition coefficient (Wildman–Crippen LogP) is 4.69. The molecule has 0 aromatic heterocycles. The Labute approximate surface area is 176 Å². The molecule has 3 rings (SSSR count). The van der Waals surface area contributed by atoms with Crippen molar-refractivity contribution in [3.05, 3.63) is 87.9 Å². The number of anilines is 3. The van der Waals surface area contributed by atoms with E-state index < -0.39 is 21.0 Å². The van der Waals surface area contributed by atoms with Crippen LogP contribution in [0.3, 0.4) is 0 Å². The second-order valence-corrected chi connectivity index (χ2v) is 8.14. The van der Waals surface area contributed by atoms with Crippen molar-refractivity contribution in [3.8, 4) is 0 Å². The third-order valence-corrected chi connectivity index (χ3v) is 5.50. The molecule has 11 heteroatoms. The maximum absolute atomic E-state index is 12.4. The summed E-state index contributed by atoms with van der Waals surface area (Å²) in [4.78, 5) is 22.2. The lowest BCUT2D eigenvalue weighted by Gasteiger charge is -2.10. The van der Waals surface area contributed by atoms with E-state index in [2.05, 4.69) is 15.4 Å². The number of carbonyl (C=O) groups is 1. The average molecular weight is 447 g/mol. The van der Waals surface area contributed by atoms with Crippen molar-refractivity contribution in [2.45, 2.75) is 4.90 Å². The number of hydrogen-bond acceptors (Lipinski definition) is 5. The monoisotopic (exact) mass is 446 g/mol.